The third-order valence-corrected chi connectivity index (χ3v) is 3.17. The van der Waals surface area contributed by atoms with E-state index in [1.165, 1.54) is 0 Å². The van der Waals surface area contributed by atoms with Crippen LogP contribution in [0, 0.1) is 12.3 Å². The lowest BCUT2D eigenvalue weighted by atomic mass is 9.92. The number of nitrogen functional groups attached to an aromatic ring is 1. The second-order valence-corrected chi connectivity index (χ2v) is 6.35. The Labute approximate surface area is 115 Å². The third-order valence-electron chi connectivity index (χ3n) is 2.85. The second kappa shape index (κ2) is 5.81. The first-order valence-corrected chi connectivity index (χ1v) is 6.53. The SMILES string of the molecule is Cc1cc(N)c(Cl)cc1NCC(C)(C)CN(C)C. The number of halogens is 1. The van der Waals surface area contributed by atoms with Gasteiger partial charge >= 0.3 is 0 Å². The Morgan fingerprint density at radius 1 is 1.33 bits per heavy atom. The third kappa shape index (κ3) is 4.39. The van der Waals surface area contributed by atoms with E-state index in [1.807, 2.05) is 19.1 Å². The van der Waals surface area contributed by atoms with Gasteiger partial charge in [0.1, 0.15) is 0 Å². The standard InChI is InChI=1S/C14H24ClN3/c1-10-6-12(16)11(15)7-13(10)17-8-14(2,3)9-18(4)5/h6-7,17H,8-9,16H2,1-5H3. The first-order valence-electron chi connectivity index (χ1n) is 6.15. The summed E-state index contributed by atoms with van der Waals surface area (Å²) in [4.78, 5) is 2.20. The molecule has 3 nitrogen and oxygen atoms in total. The van der Waals surface area contributed by atoms with Gasteiger partial charge in [-0.15, -0.1) is 0 Å². The van der Waals surface area contributed by atoms with Crippen molar-refractivity contribution >= 4 is 23.0 Å². The van der Waals surface area contributed by atoms with Gasteiger partial charge in [0.05, 0.1) is 10.7 Å². The van der Waals surface area contributed by atoms with Crippen molar-refractivity contribution in [2.45, 2.75) is 20.8 Å². The molecule has 0 amide bonds. The lowest BCUT2D eigenvalue weighted by Gasteiger charge is -2.29. The fourth-order valence-corrected chi connectivity index (χ4v) is 2.30. The summed E-state index contributed by atoms with van der Waals surface area (Å²) >= 11 is 6.05. The first-order chi connectivity index (χ1) is 8.21. The zero-order valence-corrected chi connectivity index (χ0v) is 12.7. The summed E-state index contributed by atoms with van der Waals surface area (Å²) < 4.78 is 0. The molecule has 102 valence electrons. The number of rotatable bonds is 5. The normalized spacial score (nSPS) is 11.9. The molecule has 0 unspecified atom stereocenters. The van der Waals surface area contributed by atoms with E-state index in [1.54, 1.807) is 0 Å². The predicted octanol–water partition coefficient (Wildman–Crippen LogP) is 3.23. The molecule has 0 aliphatic carbocycles. The van der Waals surface area contributed by atoms with E-state index in [0.29, 0.717) is 10.7 Å². The van der Waals surface area contributed by atoms with Crippen molar-refractivity contribution in [2.24, 2.45) is 5.41 Å². The maximum Gasteiger partial charge on any atom is 0.0656 e. The number of nitrogens with zero attached hydrogens (tertiary/aromatic N) is 1. The molecule has 0 fully saturated rings. The van der Waals surface area contributed by atoms with Gasteiger partial charge in [-0.3, -0.25) is 0 Å². The van der Waals surface area contributed by atoms with Gasteiger partial charge in [-0.2, -0.15) is 0 Å². The van der Waals surface area contributed by atoms with E-state index < -0.39 is 0 Å². The minimum atomic E-state index is 0.198. The molecular weight excluding hydrogens is 246 g/mol. The highest BCUT2D eigenvalue weighted by Crippen LogP contribution is 2.27. The molecule has 3 N–H and O–H groups in total. The van der Waals surface area contributed by atoms with Crippen molar-refractivity contribution in [1.82, 2.24) is 4.90 Å². The zero-order valence-electron chi connectivity index (χ0n) is 12.0. The Kier molecular flexibility index (Phi) is 4.88. The summed E-state index contributed by atoms with van der Waals surface area (Å²) in [5, 5.41) is 4.07. The average Bonchev–Trinajstić information content (AvgIpc) is 2.19. The van der Waals surface area contributed by atoms with Crippen LogP contribution in [0.2, 0.25) is 5.02 Å². The van der Waals surface area contributed by atoms with Gasteiger partial charge < -0.3 is 16.0 Å². The Balaban J connectivity index is 2.72. The Bertz CT molecular complexity index is 414. The van der Waals surface area contributed by atoms with E-state index in [4.69, 9.17) is 17.3 Å². The first kappa shape index (κ1) is 15.1. The summed E-state index contributed by atoms with van der Waals surface area (Å²) in [6, 6.07) is 3.81. The molecular formula is C14H24ClN3. The van der Waals surface area contributed by atoms with Crippen LogP contribution in [0.3, 0.4) is 0 Å². The topological polar surface area (TPSA) is 41.3 Å². The summed E-state index contributed by atoms with van der Waals surface area (Å²) in [6.45, 7) is 8.45. The number of nitrogens with one attached hydrogen (secondary N) is 1. The number of aryl methyl sites for hydroxylation is 1. The minimum absolute atomic E-state index is 0.198. The number of nitrogens with two attached hydrogens (primary N) is 1. The van der Waals surface area contributed by atoms with Crippen LogP contribution in [0.1, 0.15) is 19.4 Å². The second-order valence-electron chi connectivity index (χ2n) is 5.94. The van der Waals surface area contributed by atoms with Crippen LogP contribution in [0.25, 0.3) is 0 Å². The monoisotopic (exact) mass is 269 g/mol. The molecule has 0 bridgehead atoms. The van der Waals surface area contributed by atoms with Crippen molar-refractivity contribution in [1.29, 1.82) is 0 Å². The van der Waals surface area contributed by atoms with Crippen LogP contribution in [0.5, 0.6) is 0 Å². The van der Waals surface area contributed by atoms with Crippen molar-refractivity contribution in [3.05, 3.63) is 22.7 Å². The molecule has 4 heteroatoms. The van der Waals surface area contributed by atoms with E-state index in [-0.39, 0.29) is 5.41 Å². The van der Waals surface area contributed by atoms with E-state index in [9.17, 15) is 0 Å². The highest BCUT2D eigenvalue weighted by molar-refractivity contribution is 6.33. The highest BCUT2D eigenvalue weighted by atomic mass is 35.5. The van der Waals surface area contributed by atoms with Gasteiger partial charge in [-0.05, 0) is 44.1 Å². The van der Waals surface area contributed by atoms with Gasteiger partial charge in [-0.1, -0.05) is 25.4 Å². The largest absolute Gasteiger partial charge is 0.398 e. The smallest absolute Gasteiger partial charge is 0.0656 e. The minimum Gasteiger partial charge on any atom is -0.398 e. The fraction of sp³-hybridized carbons (Fsp3) is 0.571. The quantitative estimate of drug-likeness (QED) is 0.807. The van der Waals surface area contributed by atoms with Gasteiger partial charge in [0, 0.05) is 18.8 Å². The van der Waals surface area contributed by atoms with Crippen LogP contribution in [0.15, 0.2) is 12.1 Å². The molecule has 0 radical (unpaired) electrons. The van der Waals surface area contributed by atoms with Crippen LogP contribution in [-0.2, 0) is 0 Å². The molecule has 0 heterocycles. The van der Waals surface area contributed by atoms with Crippen LogP contribution < -0.4 is 11.1 Å². The number of benzene rings is 1. The summed E-state index contributed by atoms with van der Waals surface area (Å²) in [5.41, 5.74) is 8.78. The fourth-order valence-electron chi connectivity index (χ4n) is 2.14. The maximum absolute atomic E-state index is 6.05. The van der Waals surface area contributed by atoms with E-state index in [2.05, 4.69) is 38.2 Å². The number of hydrogen-bond donors (Lipinski definition) is 2. The maximum atomic E-state index is 6.05. The predicted molar refractivity (Wildman–Crippen MR) is 81.4 cm³/mol. The highest BCUT2D eigenvalue weighted by Gasteiger charge is 2.19. The lowest BCUT2D eigenvalue weighted by molar-refractivity contribution is 0.254. The molecule has 1 rings (SSSR count). The Hall–Kier alpha value is -0.930. The van der Waals surface area contributed by atoms with Crippen molar-refractivity contribution in [3.63, 3.8) is 0 Å². The molecule has 0 aliphatic heterocycles. The summed E-state index contributed by atoms with van der Waals surface area (Å²) in [5.74, 6) is 0. The van der Waals surface area contributed by atoms with Gasteiger partial charge in [0.25, 0.3) is 0 Å². The van der Waals surface area contributed by atoms with Crippen LogP contribution in [-0.4, -0.2) is 32.1 Å². The molecule has 0 spiro atoms. The Morgan fingerprint density at radius 2 is 1.94 bits per heavy atom. The molecule has 0 saturated carbocycles. The molecule has 1 aromatic rings. The van der Waals surface area contributed by atoms with Crippen molar-refractivity contribution in [3.8, 4) is 0 Å². The van der Waals surface area contributed by atoms with Crippen molar-refractivity contribution in [2.75, 3.05) is 38.2 Å². The molecule has 1 aromatic carbocycles. The van der Waals surface area contributed by atoms with E-state index >= 15 is 0 Å². The van der Waals surface area contributed by atoms with Crippen LogP contribution in [0.4, 0.5) is 11.4 Å². The van der Waals surface area contributed by atoms with Gasteiger partial charge in [0.2, 0.25) is 0 Å². The molecule has 0 aromatic heterocycles. The average molecular weight is 270 g/mol. The molecule has 0 saturated heterocycles. The van der Waals surface area contributed by atoms with Gasteiger partial charge in [0.15, 0.2) is 0 Å². The molecule has 0 atom stereocenters. The van der Waals surface area contributed by atoms with Gasteiger partial charge in [-0.25, -0.2) is 0 Å². The van der Waals surface area contributed by atoms with Crippen molar-refractivity contribution < 1.29 is 0 Å². The lowest BCUT2D eigenvalue weighted by Crippen LogP contribution is -2.34. The zero-order chi connectivity index (χ0) is 13.9. The Morgan fingerprint density at radius 3 is 2.50 bits per heavy atom. The molecule has 0 aliphatic rings. The number of anilines is 2. The van der Waals surface area contributed by atoms with E-state index in [0.717, 1.165) is 24.3 Å². The number of hydrogen-bond acceptors (Lipinski definition) is 3. The molecule has 18 heavy (non-hydrogen) atoms. The summed E-state index contributed by atoms with van der Waals surface area (Å²) in [7, 11) is 4.18. The van der Waals surface area contributed by atoms with Crippen LogP contribution >= 0.6 is 11.6 Å². The summed E-state index contributed by atoms with van der Waals surface area (Å²) in [6.07, 6.45) is 0.